The maximum absolute atomic E-state index is 6.41. The predicted molar refractivity (Wildman–Crippen MR) is 85.8 cm³/mol. The van der Waals surface area contributed by atoms with Crippen LogP contribution in [-0.2, 0) is 0 Å². The zero-order valence-electron chi connectivity index (χ0n) is 11.6. The summed E-state index contributed by atoms with van der Waals surface area (Å²) in [5.74, 6) is 0.350. The van der Waals surface area contributed by atoms with Crippen molar-refractivity contribution in [2.45, 2.75) is 18.4 Å². The SMILES string of the molecule is CN([11CH3])C1CC(c2ccc(Cl)cc2Cl)c2ccccc21. The second-order valence-corrected chi connectivity index (χ2v) is 6.41. The smallest absolute Gasteiger partial charge is 0.0459 e. The number of fused-ring (bicyclic) bond motifs is 1. The van der Waals surface area contributed by atoms with Crippen LogP contribution in [-0.4, -0.2) is 19.0 Å². The van der Waals surface area contributed by atoms with E-state index in [2.05, 4.69) is 49.3 Å². The van der Waals surface area contributed by atoms with Gasteiger partial charge in [-0.3, -0.25) is 0 Å². The van der Waals surface area contributed by atoms with E-state index in [0.717, 1.165) is 11.4 Å². The first-order valence-electron chi connectivity index (χ1n) is 6.78. The van der Waals surface area contributed by atoms with Gasteiger partial charge in [-0.05, 0) is 49.3 Å². The number of halogens is 2. The van der Waals surface area contributed by atoms with E-state index in [4.69, 9.17) is 23.2 Å². The molecule has 0 N–H and O–H groups in total. The molecule has 0 fully saturated rings. The van der Waals surface area contributed by atoms with Gasteiger partial charge < -0.3 is 4.90 Å². The highest BCUT2D eigenvalue weighted by atomic mass is 35.5. The normalized spacial score (nSPS) is 21.2. The predicted octanol–water partition coefficient (Wildman–Crippen LogP) is 5.13. The topological polar surface area (TPSA) is 3.24 Å². The third-order valence-electron chi connectivity index (χ3n) is 4.15. The molecule has 1 nitrogen and oxygen atoms in total. The Hall–Kier alpha value is -1.02. The average molecular weight is 305 g/mol. The molecule has 0 heterocycles. The quantitative estimate of drug-likeness (QED) is 0.743. The average Bonchev–Trinajstić information content (AvgIpc) is 2.78. The van der Waals surface area contributed by atoms with E-state index in [1.54, 1.807) is 0 Å². The molecule has 2 aromatic carbocycles. The lowest BCUT2D eigenvalue weighted by atomic mass is 9.93. The molecule has 0 bridgehead atoms. The minimum atomic E-state index is 0.350. The summed E-state index contributed by atoms with van der Waals surface area (Å²) in [7, 11) is 4.26. The van der Waals surface area contributed by atoms with Crippen LogP contribution in [0, 0.1) is 0 Å². The van der Waals surface area contributed by atoms with Crippen molar-refractivity contribution in [1.82, 2.24) is 4.90 Å². The Bertz CT molecular complexity index is 637. The van der Waals surface area contributed by atoms with Gasteiger partial charge in [-0.25, -0.2) is 0 Å². The number of rotatable bonds is 2. The van der Waals surface area contributed by atoms with Gasteiger partial charge in [0.2, 0.25) is 0 Å². The standard InChI is InChI=1S/C17H17Cl2N/c1-20(2)17-10-15(12-5-3-4-6-14(12)17)13-8-7-11(18)9-16(13)19/h3-9,15,17H,10H2,1-2H3/i1-1. The van der Waals surface area contributed by atoms with Crippen molar-refractivity contribution >= 4 is 23.2 Å². The molecular weight excluding hydrogens is 288 g/mol. The zero-order valence-corrected chi connectivity index (χ0v) is 13.1. The molecule has 1 aliphatic carbocycles. The van der Waals surface area contributed by atoms with Crippen LogP contribution in [0.15, 0.2) is 42.5 Å². The van der Waals surface area contributed by atoms with Gasteiger partial charge in [-0.1, -0.05) is 53.5 Å². The van der Waals surface area contributed by atoms with Crippen LogP contribution in [0.3, 0.4) is 0 Å². The van der Waals surface area contributed by atoms with Crippen LogP contribution in [0.25, 0.3) is 0 Å². The van der Waals surface area contributed by atoms with E-state index in [1.165, 1.54) is 16.7 Å². The Kier molecular flexibility index (Phi) is 3.76. The lowest BCUT2D eigenvalue weighted by molar-refractivity contribution is 0.293. The van der Waals surface area contributed by atoms with Gasteiger partial charge in [0.1, 0.15) is 0 Å². The van der Waals surface area contributed by atoms with Gasteiger partial charge in [0.05, 0.1) is 0 Å². The van der Waals surface area contributed by atoms with Gasteiger partial charge in [-0.15, -0.1) is 0 Å². The fourth-order valence-corrected chi connectivity index (χ4v) is 3.72. The van der Waals surface area contributed by atoms with Crippen LogP contribution >= 0.6 is 23.2 Å². The molecular formula is C17H17Cl2N. The molecule has 0 radical (unpaired) electrons. The highest BCUT2D eigenvalue weighted by Gasteiger charge is 2.33. The van der Waals surface area contributed by atoms with E-state index >= 15 is 0 Å². The van der Waals surface area contributed by atoms with Gasteiger partial charge in [0, 0.05) is 22.0 Å². The maximum atomic E-state index is 6.41. The van der Waals surface area contributed by atoms with E-state index in [0.29, 0.717) is 17.0 Å². The van der Waals surface area contributed by atoms with Crippen LogP contribution in [0.5, 0.6) is 0 Å². The van der Waals surface area contributed by atoms with Crippen LogP contribution in [0.2, 0.25) is 10.0 Å². The van der Waals surface area contributed by atoms with Gasteiger partial charge >= 0.3 is 0 Å². The molecule has 104 valence electrons. The van der Waals surface area contributed by atoms with Crippen LogP contribution < -0.4 is 0 Å². The van der Waals surface area contributed by atoms with Crippen molar-refractivity contribution in [3.63, 3.8) is 0 Å². The number of hydrogen-bond acceptors (Lipinski definition) is 1. The Labute approximate surface area is 130 Å². The summed E-state index contributed by atoms with van der Waals surface area (Å²) in [5.41, 5.74) is 3.97. The Morgan fingerprint density at radius 1 is 0.950 bits per heavy atom. The summed E-state index contributed by atoms with van der Waals surface area (Å²) in [4.78, 5) is 2.28. The van der Waals surface area contributed by atoms with E-state index in [9.17, 15) is 0 Å². The molecule has 2 atom stereocenters. The number of hydrogen-bond donors (Lipinski definition) is 0. The Morgan fingerprint density at radius 3 is 2.30 bits per heavy atom. The van der Waals surface area contributed by atoms with Crippen molar-refractivity contribution in [2.75, 3.05) is 14.1 Å². The summed E-state index contributed by atoms with van der Waals surface area (Å²) >= 11 is 12.4. The van der Waals surface area contributed by atoms with Gasteiger partial charge in [-0.2, -0.15) is 0 Å². The maximum Gasteiger partial charge on any atom is 0.0459 e. The van der Waals surface area contributed by atoms with Crippen molar-refractivity contribution < 1.29 is 0 Å². The van der Waals surface area contributed by atoms with Crippen LogP contribution in [0.4, 0.5) is 0 Å². The molecule has 2 aromatic rings. The molecule has 0 saturated carbocycles. The molecule has 1 aliphatic rings. The third kappa shape index (κ3) is 2.35. The molecule has 0 aliphatic heterocycles. The zero-order chi connectivity index (χ0) is 14.3. The molecule has 0 aromatic heterocycles. The highest BCUT2D eigenvalue weighted by molar-refractivity contribution is 6.35. The first-order chi connectivity index (χ1) is 9.58. The Morgan fingerprint density at radius 2 is 1.65 bits per heavy atom. The summed E-state index contributed by atoms with van der Waals surface area (Å²) in [6.45, 7) is 0. The van der Waals surface area contributed by atoms with E-state index in [-0.39, 0.29) is 0 Å². The molecule has 3 heteroatoms. The minimum Gasteiger partial charge on any atom is -0.302 e. The summed E-state index contributed by atoms with van der Waals surface area (Å²) < 4.78 is 0. The fourth-order valence-electron chi connectivity index (χ4n) is 3.18. The van der Waals surface area contributed by atoms with Crippen molar-refractivity contribution in [3.05, 3.63) is 69.2 Å². The molecule has 0 spiro atoms. The second-order valence-electron chi connectivity index (χ2n) is 5.56. The summed E-state index contributed by atoms with van der Waals surface area (Å²) in [5, 5.41) is 1.45. The lowest BCUT2D eigenvalue weighted by Gasteiger charge is -2.20. The first kappa shape index (κ1) is 13.9. The molecule has 20 heavy (non-hydrogen) atoms. The molecule has 3 rings (SSSR count). The molecule has 2 unspecified atom stereocenters. The van der Waals surface area contributed by atoms with E-state index < -0.39 is 0 Å². The first-order valence-corrected chi connectivity index (χ1v) is 7.53. The summed E-state index contributed by atoms with van der Waals surface area (Å²) in [6, 6.07) is 14.9. The Balaban J connectivity index is 2.08. The third-order valence-corrected chi connectivity index (χ3v) is 4.71. The highest BCUT2D eigenvalue weighted by Crippen LogP contribution is 2.47. The minimum absolute atomic E-state index is 0.350. The van der Waals surface area contributed by atoms with Crippen molar-refractivity contribution in [3.8, 4) is 0 Å². The number of nitrogens with zero attached hydrogens (tertiary/aromatic N) is 1. The molecule has 0 amide bonds. The second kappa shape index (κ2) is 5.40. The van der Waals surface area contributed by atoms with Crippen molar-refractivity contribution in [2.24, 2.45) is 0 Å². The van der Waals surface area contributed by atoms with E-state index in [1.807, 2.05) is 12.1 Å². The van der Waals surface area contributed by atoms with Crippen LogP contribution in [0.1, 0.15) is 35.1 Å². The van der Waals surface area contributed by atoms with Crippen molar-refractivity contribution in [1.29, 1.82) is 0 Å². The van der Waals surface area contributed by atoms with Gasteiger partial charge in [0.25, 0.3) is 0 Å². The summed E-state index contributed by atoms with van der Waals surface area (Å²) in [6.07, 6.45) is 1.06. The number of benzene rings is 2. The monoisotopic (exact) mass is 304 g/mol. The fraction of sp³-hybridized carbons (Fsp3) is 0.294. The largest absolute Gasteiger partial charge is 0.302 e. The van der Waals surface area contributed by atoms with Gasteiger partial charge in [0.15, 0.2) is 0 Å². The molecule has 0 saturated heterocycles. The lowest BCUT2D eigenvalue weighted by Crippen LogP contribution is -2.17.